The Morgan fingerprint density at radius 2 is 2.04 bits per heavy atom. The minimum atomic E-state index is -0.271. The molecule has 3 aromatic heterocycles. The molecule has 1 N–H and O–H groups in total. The van der Waals surface area contributed by atoms with E-state index in [1.54, 1.807) is 18.5 Å². The van der Waals surface area contributed by atoms with Crippen molar-refractivity contribution in [2.24, 2.45) is 0 Å². The molecule has 0 aliphatic carbocycles. The number of hydrogen-bond donors (Lipinski definition) is 1. The molecule has 0 unspecified atom stereocenters. The summed E-state index contributed by atoms with van der Waals surface area (Å²) in [6.07, 6.45) is 5.31. The van der Waals surface area contributed by atoms with E-state index in [-0.39, 0.29) is 17.9 Å². The normalized spacial score (nSPS) is 10.9. The quantitative estimate of drug-likeness (QED) is 0.775. The molecule has 3 rings (SSSR count). The van der Waals surface area contributed by atoms with Crippen LogP contribution >= 0.6 is 0 Å². The molecule has 3 heterocycles. The van der Waals surface area contributed by atoms with Crippen molar-refractivity contribution in [2.75, 3.05) is 5.32 Å². The predicted octanol–water partition coefficient (Wildman–Crippen LogP) is 1.75. The third-order valence-electron chi connectivity index (χ3n) is 3.28. The second-order valence-corrected chi connectivity index (χ2v) is 5.36. The second kappa shape index (κ2) is 6.39. The van der Waals surface area contributed by atoms with Gasteiger partial charge in [-0.25, -0.2) is 0 Å². The van der Waals surface area contributed by atoms with E-state index in [0.29, 0.717) is 12.2 Å². The first kappa shape index (κ1) is 14.9. The van der Waals surface area contributed by atoms with Gasteiger partial charge in [-0.1, -0.05) is 5.10 Å². The molecule has 1 amide bonds. The lowest BCUT2D eigenvalue weighted by Crippen LogP contribution is -2.18. The number of carbonyl (C=O) groups is 1. The zero-order valence-electron chi connectivity index (χ0n) is 12.9. The molecule has 0 saturated heterocycles. The van der Waals surface area contributed by atoms with Gasteiger partial charge in [0.1, 0.15) is 5.69 Å². The molecule has 0 fully saturated rings. The topological polar surface area (TPSA) is 90.5 Å². The Kier molecular flexibility index (Phi) is 4.13. The molecule has 3 aromatic rings. The highest BCUT2D eigenvalue weighted by molar-refractivity contribution is 6.02. The lowest BCUT2D eigenvalue weighted by atomic mass is 10.2. The summed E-state index contributed by atoms with van der Waals surface area (Å²) in [6.45, 7) is 4.46. The lowest BCUT2D eigenvalue weighted by Gasteiger charge is -2.08. The molecular weight excluding hydrogens is 294 g/mol. The van der Waals surface area contributed by atoms with Crippen LogP contribution in [0.25, 0.3) is 0 Å². The van der Waals surface area contributed by atoms with E-state index >= 15 is 0 Å². The van der Waals surface area contributed by atoms with Gasteiger partial charge in [-0.3, -0.25) is 15.1 Å². The third kappa shape index (κ3) is 3.42. The monoisotopic (exact) mass is 311 g/mol. The van der Waals surface area contributed by atoms with E-state index in [2.05, 4.69) is 25.7 Å². The molecule has 0 aromatic carbocycles. The van der Waals surface area contributed by atoms with E-state index in [0.717, 1.165) is 5.56 Å². The summed E-state index contributed by atoms with van der Waals surface area (Å²) >= 11 is 0. The van der Waals surface area contributed by atoms with Gasteiger partial charge in [-0.05, 0) is 48.9 Å². The maximum Gasteiger partial charge on any atom is 0.274 e. The van der Waals surface area contributed by atoms with Crippen molar-refractivity contribution in [3.63, 3.8) is 0 Å². The molecule has 0 atom stereocenters. The Morgan fingerprint density at radius 1 is 1.26 bits per heavy atom. The number of rotatable bonds is 5. The summed E-state index contributed by atoms with van der Waals surface area (Å²) < 4.78 is 1.86. The van der Waals surface area contributed by atoms with Crippen molar-refractivity contribution < 1.29 is 4.79 Å². The number of nitrogens with one attached hydrogen (secondary N) is 1. The van der Waals surface area contributed by atoms with E-state index < -0.39 is 0 Å². The van der Waals surface area contributed by atoms with Crippen molar-refractivity contribution in [3.8, 4) is 0 Å². The highest BCUT2D eigenvalue weighted by Crippen LogP contribution is 2.09. The fourth-order valence-electron chi connectivity index (χ4n) is 2.10. The summed E-state index contributed by atoms with van der Waals surface area (Å²) in [5, 5.41) is 14.5. The zero-order chi connectivity index (χ0) is 16.2. The van der Waals surface area contributed by atoms with Gasteiger partial charge < -0.3 is 4.57 Å². The number of aromatic nitrogens is 6. The van der Waals surface area contributed by atoms with E-state index in [9.17, 15) is 4.79 Å². The van der Waals surface area contributed by atoms with Crippen molar-refractivity contribution in [3.05, 3.63) is 54.1 Å². The molecule has 23 heavy (non-hydrogen) atoms. The minimum Gasteiger partial charge on any atom is -0.339 e. The number of carbonyl (C=O) groups excluding carboxylic acids is 1. The molecule has 0 bridgehead atoms. The first-order valence-corrected chi connectivity index (χ1v) is 7.28. The average molecular weight is 311 g/mol. The largest absolute Gasteiger partial charge is 0.339 e. The summed E-state index contributed by atoms with van der Waals surface area (Å²) in [5.41, 5.74) is 1.59. The van der Waals surface area contributed by atoms with Crippen molar-refractivity contribution >= 4 is 11.9 Å². The van der Waals surface area contributed by atoms with Gasteiger partial charge >= 0.3 is 0 Å². The van der Waals surface area contributed by atoms with Crippen molar-refractivity contribution in [2.45, 2.75) is 26.4 Å². The van der Waals surface area contributed by atoms with Crippen LogP contribution in [0.1, 0.15) is 35.9 Å². The number of hydrogen-bond acceptors (Lipinski definition) is 5. The van der Waals surface area contributed by atoms with Gasteiger partial charge in [0.05, 0.1) is 6.04 Å². The van der Waals surface area contributed by atoms with Crippen molar-refractivity contribution in [1.82, 2.24) is 29.8 Å². The van der Waals surface area contributed by atoms with Crippen molar-refractivity contribution in [1.29, 1.82) is 0 Å². The average Bonchev–Trinajstić information content (AvgIpc) is 3.17. The maximum absolute atomic E-state index is 12.4. The van der Waals surface area contributed by atoms with Gasteiger partial charge in [0.2, 0.25) is 0 Å². The van der Waals surface area contributed by atoms with Gasteiger partial charge in [-0.15, -0.1) is 5.10 Å². The number of amides is 1. The highest BCUT2D eigenvalue weighted by atomic mass is 16.2. The summed E-state index contributed by atoms with van der Waals surface area (Å²) in [6, 6.07) is 7.50. The first-order valence-electron chi connectivity index (χ1n) is 7.28. The Balaban J connectivity index is 1.74. The molecule has 118 valence electrons. The Bertz CT molecular complexity index is 791. The van der Waals surface area contributed by atoms with Crippen LogP contribution in [0.4, 0.5) is 5.95 Å². The summed E-state index contributed by atoms with van der Waals surface area (Å²) in [5.74, 6) is -0.0762. The van der Waals surface area contributed by atoms with Crippen LogP contribution in [0, 0.1) is 0 Å². The molecule has 0 spiro atoms. The Labute approximate surface area is 133 Å². The van der Waals surface area contributed by atoms with Gasteiger partial charge in [0.25, 0.3) is 11.9 Å². The highest BCUT2D eigenvalue weighted by Gasteiger charge is 2.14. The fourth-order valence-corrected chi connectivity index (χ4v) is 2.10. The molecular formula is C15H17N7O. The third-order valence-corrected chi connectivity index (χ3v) is 3.28. The number of nitrogens with zero attached hydrogens (tertiary/aromatic N) is 6. The van der Waals surface area contributed by atoms with Gasteiger partial charge in [0, 0.05) is 25.1 Å². The predicted molar refractivity (Wildman–Crippen MR) is 83.9 cm³/mol. The number of pyridine rings is 1. The standard InChI is InChI=1S/C15H17N7O/c1-11(2)22-19-15(18-20-22)17-14(23)13-4-3-9-21(13)10-12-5-7-16-8-6-12/h3-9,11H,10H2,1-2H3,(H,17,19,23). The Morgan fingerprint density at radius 3 is 2.74 bits per heavy atom. The van der Waals surface area contributed by atoms with Crippen LogP contribution in [0.3, 0.4) is 0 Å². The van der Waals surface area contributed by atoms with Crippen LogP contribution < -0.4 is 5.32 Å². The molecule has 8 nitrogen and oxygen atoms in total. The van der Waals surface area contributed by atoms with Crippen LogP contribution in [0.5, 0.6) is 0 Å². The second-order valence-electron chi connectivity index (χ2n) is 5.36. The minimum absolute atomic E-state index is 0.0868. The first-order chi connectivity index (χ1) is 11.1. The van der Waals surface area contributed by atoms with E-state index in [1.807, 2.05) is 42.8 Å². The SMILES string of the molecule is CC(C)n1nnc(NC(=O)c2cccn2Cc2ccncc2)n1. The lowest BCUT2D eigenvalue weighted by molar-refractivity contribution is 0.101. The van der Waals surface area contributed by atoms with Crippen LogP contribution in [-0.4, -0.2) is 35.7 Å². The van der Waals surface area contributed by atoms with Gasteiger partial charge in [0.15, 0.2) is 0 Å². The zero-order valence-corrected chi connectivity index (χ0v) is 12.9. The molecule has 0 aliphatic rings. The molecule has 0 aliphatic heterocycles. The van der Waals surface area contributed by atoms with Gasteiger partial charge in [-0.2, -0.15) is 4.80 Å². The van der Waals surface area contributed by atoms with Crippen LogP contribution in [-0.2, 0) is 6.54 Å². The molecule has 0 saturated carbocycles. The maximum atomic E-state index is 12.4. The summed E-state index contributed by atoms with van der Waals surface area (Å²) in [7, 11) is 0. The van der Waals surface area contributed by atoms with Crippen LogP contribution in [0.2, 0.25) is 0 Å². The summed E-state index contributed by atoms with van der Waals surface area (Å²) in [4.78, 5) is 17.8. The molecule has 8 heteroatoms. The smallest absolute Gasteiger partial charge is 0.274 e. The molecule has 0 radical (unpaired) electrons. The van der Waals surface area contributed by atoms with Crippen LogP contribution in [0.15, 0.2) is 42.9 Å². The number of anilines is 1. The van der Waals surface area contributed by atoms with E-state index in [1.165, 1.54) is 4.80 Å². The number of tetrazole rings is 1. The Hall–Kier alpha value is -3.03. The van der Waals surface area contributed by atoms with E-state index in [4.69, 9.17) is 0 Å². The fraction of sp³-hybridized carbons (Fsp3) is 0.267.